The number of benzene rings is 2. The van der Waals surface area contributed by atoms with E-state index >= 15 is 0 Å². The van der Waals surface area contributed by atoms with Crippen LogP contribution in [0, 0.1) is 0 Å². The van der Waals surface area contributed by atoms with Crippen molar-refractivity contribution in [3.05, 3.63) is 47.2 Å². The summed E-state index contributed by atoms with van der Waals surface area (Å²) in [5, 5.41) is 10.2. The van der Waals surface area contributed by atoms with Gasteiger partial charge >= 0.3 is 0 Å². The van der Waals surface area contributed by atoms with Gasteiger partial charge in [-0.05, 0) is 30.2 Å². The fourth-order valence-corrected chi connectivity index (χ4v) is 3.68. The van der Waals surface area contributed by atoms with E-state index < -0.39 is 0 Å². The van der Waals surface area contributed by atoms with Crippen LogP contribution in [0.15, 0.2) is 36.7 Å². The highest BCUT2D eigenvalue weighted by atomic mass is 35.5. The largest absolute Gasteiger partial charge is 0.494 e. The van der Waals surface area contributed by atoms with Crippen LogP contribution >= 0.6 is 11.6 Å². The van der Waals surface area contributed by atoms with E-state index in [1.165, 1.54) is 6.33 Å². The van der Waals surface area contributed by atoms with Crippen molar-refractivity contribution in [3.8, 4) is 11.5 Å². The van der Waals surface area contributed by atoms with E-state index in [1.54, 1.807) is 25.3 Å². The fraction of sp³-hybridized carbons (Fsp3) is 0.304. The average molecular weight is 470 g/mol. The topological polar surface area (TPSA) is 114 Å². The van der Waals surface area contributed by atoms with E-state index in [4.69, 9.17) is 21.1 Å². The number of nitrogens with one attached hydrogen (secondary N) is 3. The highest BCUT2D eigenvalue weighted by Crippen LogP contribution is 2.35. The van der Waals surface area contributed by atoms with Gasteiger partial charge in [-0.1, -0.05) is 17.7 Å². The second-order valence-electron chi connectivity index (χ2n) is 7.50. The normalized spacial score (nSPS) is 15.3. The maximum atomic E-state index is 12.2. The number of hydrogen-bond acceptors (Lipinski definition) is 7. The molecule has 4 rings (SSSR count). The summed E-state index contributed by atoms with van der Waals surface area (Å²) in [5.74, 6) is 1.38. The second kappa shape index (κ2) is 10.4. The lowest BCUT2D eigenvalue weighted by molar-refractivity contribution is -0.122. The molecule has 1 aliphatic rings. The Labute approximate surface area is 195 Å². The van der Waals surface area contributed by atoms with Crippen LogP contribution in [0.25, 0.3) is 10.9 Å². The number of fused-ring (bicyclic) bond motifs is 2. The van der Waals surface area contributed by atoms with E-state index in [9.17, 15) is 9.59 Å². The molecule has 0 spiro atoms. The molecule has 2 bridgehead atoms. The van der Waals surface area contributed by atoms with E-state index in [2.05, 4.69) is 25.9 Å². The number of carbonyl (C=O) groups is 2. The van der Waals surface area contributed by atoms with Gasteiger partial charge in [-0.3, -0.25) is 9.59 Å². The lowest BCUT2D eigenvalue weighted by Gasteiger charge is -2.16. The number of carbonyl (C=O) groups excluding carboxylic acids is 2. The zero-order valence-electron chi connectivity index (χ0n) is 18.1. The van der Waals surface area contributed by atoms with Crippen molar-refractivity contribution < 1.29 is 19.1 Å². The standard InChI is InChI=1S/C23H24ClN5O4/c1-32-19-11-16-10-17-22(19)27-13-28-23(17)29-18-9-15(24)5-4-14(18)12-26-21(31)6-7-25-20(30)3-2-8-33-16/h4-5,9-11,13H,2-3,6-8,12H2,1H3,(H,25,30)(H,26,31)(H,27,28,29). The Bertz CT molecular complexity index is 1190. The predicted octanol–water partition coefficient (Wildman–Crippen LogP) is 3.33. The molecule has 1 aromatic heterocycles. The molecule has 0 saturated heterocycles. The first-order valence-electron chi connectivity index (χ1n) is 10.6. The highest BCUT2D eigenvalue weighted by molar-refractivity contribution is 6.30. The lowest BCUT2D eigenvalue weighted by atomic mass is 10.1. The molecule has 0 aliphatic carbocycles. The zero-order chi connectivity index (χ0) is 23.2. The second-order valence-corrected chi connectivity index (χ2v) is 7.94. The highest BCUT2D eigenvalue weighted by Gasteiger charge is 2.15. The van der Waals surface area contributed by atoms with Gasteiger partial charge in [0.05, 0.1) is 19.1 Å². The number of aromatic nitrogens is 2. The molecule has 0 atom stereocenters. The fourth-order valence-electron chi connectivity index (χ4n) is 3.50. The number of nitrogens with zero attached hydrogens (tertiary/aromatic N) is 2. The first-order valence-corrected chi connectivity index (χ1v) is 11.0. The molecule has 2 amide bonds. The molecule has 9 nitrogen and oxygen atoms in total. The number of rotatable bonds is 1. The average Bonchev–Trinajstić information content (AvgIpc) is 2.80. The Kier molecular flexibility index (Phi) is 7.09. The lowest BCUT2D eigenvalue weighted by Crippen LogP contribution is -2.30. The zero-order valence-corrected chi connectivity index (χ0v) is 18.9. The van der Waals surface area contributed by atoms with Crippen molar-refractivity contribution in [2.45, 2.75) is 25.8 Å². The van der Waals surface area contributed by atoms with Crippen LogP contribution in [0.4, 0.5) is 11.5 Å². The van der Waals surface area contributed by atoms with Gasteiger partial charge in [-0.2, -0.15) is 0 Å². The molecule has 10 heteroatoms. The van der Waals surface area contributed by atoms with Crippen molar-refractivity contribution in [2.75, 3.05) is 25.6 Å². The summed E-state index contributed by atoms with van der Waals surface area (Å²) < 4.78 is 11.4. The first kappa shape index (κ1) is 22.6. The summed E-state index contributed by atoms with van der Waals surface area (Å²) in [5.41, 5.74) is 2.14. The Morgan fingerprint density at radius 2 is 1.91 bits per heavy atom. The summed E-state index contributed by atoms with van der Waals surface area (Å²) in [4.78, 5) is 33.0. The van der Waals surface area contributed by atoms with Crippen LogP contribution in [0.5, 0.6) is 11.5 Å². The van der Waals surface area contributed by atoms with Crippen LogP contribution in [0.1, 0.15) is 24.8 Å². The number of anilines is 2. The maximum Gasteiger partial charge on any atom is 0.222 e. The molecular formula is C23H24ClN5O4. The number of halogens is 1. The number of methoxy groups -OCH3 is 1. The van der Waals surface area contributed by atoms with Crippen LogP contribution in [0.2, 0.25) is 5.02 Å². The minimum atomic E-state index is -0.164. The minimum absolute atomic E-state index is 0.122. The Morgan fingerprint density at radius 1 is 1.06 bits per heavy atom. The van der Waals surface area contributed by atoms with Gasteiger partial charge < -0.3 is 25.4 Å². The molecule has 3 aromatic rings. The van der Waals surface area contributed by atoms with Crippen molar-refractivity contribution in [3.63, 3.8) is 0 Å². The molecule has 2 heterocycles. The SMILES string of the molecule is COc1cc2cc3c(ncnc13)Nc1cc(Cl)ccc1CNC(=O)CCNC(=O)CCCO2. The van der Waals surface area contributed by atoms with Gasteiger partial charge in [0.15, 0.2) is 0 Å². The van der Waals surface area contributed by atoms with Crippen molar-refractivity contribution in [1.29, 1.82) is 0 Å². The van der Waals surface area contributed by atoms with Gasteiger partial charge in [-0.25, -0.2) is 9.97 Å². The Morgan fingerprint density at radius 3 is 2.76 bits per heavy atom. The summed E-state index contributed by atoms with van der Waals surface area (Å²) in [6.07, 6.45) is 2.47. The predicted molar refractivity (Wildman–Crippen MR) is 125 cm³/mol. The van der Waals surface area contributed by atoms with E-state index in [0.717, 1.165) is 5.56 Å². The summed E-state index contributed by atoms with van der Waals surface area (Å²) in [6, 6.07) is 8.96. The van der Waals surface area contributed by atoms with Crippen LogP contribution in [-0.4, -0.2) is 42.0 Å². The molecule has 0 radical (unpaired) electrons. The minimum Gasteiger partial charge on any atom is -0.494 e. The molecule has 172 valence electrons. The molecule has 0 unspecified atom stereocenters. The van der Waals surface area contributed by atoms with Gasteiger partial charge in [0.25, 0.3) is 0 Å². The molecule has 33 heavy (non-hydrogen) atoms. The molecule has 0 saturated carbocycles. The van der Waals surface area contributed by atoms with Gasteiger partial charge in [-0.15, -0.1) is 0 Å². The number of ether oxygens (including phenoxy) is 2. The molecule has 2 aromatic carbocycles. The summed E-state index contributed by atoms with van der Waals surface area (Å²) in [7, 11) is 1.56. The molecular weight excluding hydrogens is 446 g/mol. The van der Waals surface area contributed by atoms with Crippen molar-refractivity contribution in [1.82, 2.24) is 20.6 Å². The van der Waals surface area contributed by atoms with E-state index in [1.807, 2.05) is 12.1 Å². The van der Waals surface area contributed by atoms with E-state index in [-0.39, 0.29) is 31.3 Å². The van der Waals surface area contributed by atoms with Gasteiger partial charge in [0.1, 0.15) is 29.2 Å². The summed E-state index contributed by atoms with van der Waals surface area (Å²) >= 11 is 6.24. The van der Waals surface area contributed by atoms with Gasteiger partial charge in [0.2, 0.25) is 11.8 Å². The van der Waals surface area contributed by atoms with Gasteiger partial charge in [0, 0.05) is 42.7 Å². The molecule has 1 aliphatic heterocycles. The maximum absolute atomic E-state index is 12.2. The van der Waals surface area contributed by atoms with Crippen molar-refractivity contribution in [2.24, 2.45) is 0 Å². The third kappa shape index (κ3) is 5.61. The van der Waals surface area contributed by atoms with E-state index in [0.29, 0.717) is 58.4 Å². The van der Waals surface area contributed by atoms with Crippen molar-refractivity contribution >= 4 is 45.8 Å². The number of hydrogen-bond donors (Lipinski definition) is 3. The van der Waals surface area contributed by atoms with Crippen LogP contribution in [-0.2, 0) is 16.1 Å². The van der Waals surface area contributed by atoms with Crippen LogP contribution < -0.4 is 25.4 Å². The number of amides is 2. The monoisotopic (exact) mass is 469 g/mol. The molecule has 0 fully saturated rings. The third-order valence-corrected chi connectivity index (χ3v) is 5.42. The summed E-state index contributed by atoms with van der Waals surface area (Å²) in [6.45, 7) is 0.903. The smallest absolute Gasteiger partial charge is 0.222 e. The Hall–Kier alpha value is -3.59. The van der Waals surface area contributed by atoms with Crippen LogP contribution in [0.3, 0.4) is 0 Å². The third-order valence-electron chi connectivity index (χ3n) is 5.19. The quantitative estimate of drug-likeness (QED) is 0.500. The first-order chi connectivity index (χ1) is 16.0. The molecule has 3 N–H and O–H groups in total. The Balaban J connectivity index is 1.75.